The second-order valence-electron chi connectivity index (χ2n) is 12.3. The van der Waals surface area contributed by atoms with E-state index in [4.69, 9.17) is 9.47 Å². The van der Waals surface area contributed by atoms with Gasteiger partial charge in [0.2, 0.25) is 11.8 Å². The number of anilines is 1. The molecule has 248 valence electrons. The van der Waals surface area contributed by atoms with Crippen molar-refractivity contribution in [3.63, 3.8) is 0 Å². The Balaban J connectivity index is 1.84. The summed E-state index contributed by atoms with van der Waals surface area (Å²) in [5, 5.41) is 3.04. The second-order valence-corrected chi connectivity index (χ2v) is 14.2. The van der Waals surface area contributed by atoms with Gasteiger partial charge in [-0.1, -0.05) is 78.4 Å². The predicted octanol–water partition coefficient (Wildman–Crippen LogP) is 5.76. The minimum atomic E-state index is -4.25. The number of rotatable bonds is 13. The van der Waals surface area contributed by atoms with Crippen LogP contribution in [0.1, 0.15) is 37.5 Å². The lowest BCUT2D eigenvalue weighted by Gasteiger charge is -2.35. The summed E-state index contributed by atoms with van der Waals surface area (Å²) in [6.07, 6.45) is 0.224. The Bertz CT molecular complexity index is 1760. The summed E-state index contributed by atoms with van der Waals surface area (Å²) in [5.74, 6) is -0.189. The van der Waals surface area contributed by atoms with Crippen molar-refractivity contribution in [1.29, 1.82) is 0 Å². The van der Waals surface area contributed by atoms with Crippen LogP contribution in [0.2, 0.25) is 0 Å². The fraction of sp³-hybridized carbons (Fsp3) is 0.297. The Labute approximate surface area is 278 Å². The van der Waals surface area contributed by atoms with Crippen molar-refractivity contribution >= 4 is 27.5 Å². The van der Waals surface area contributed by atoms with Crippen LogP contribution in [0.3, 0.4) is 0 Å². The number of amides is 2. The van der Waals surface area contributed by atoms with Gasteiger partial charge in [0.05, 0.1) is 24.8 Å². The molecule has 0 saturated carbocycles. The predicted molar refractivity (Wildman–Crippen MR) is 184 cm³/mol. The van der Waals surface area contributed by atoms with Gasteiger partial charge in [-0.15, -0.1) is 0 Å². The fourth-order valence-electron chi connectivity index (χ4n) is 5.13. The first-order chi connectivity index (χ1) is 22.3. The average Bonchev–Trinajstić information content (AvgIpc) is 3.05. The number of sulfonamides is 1. The molecule has 0 aliphatic carbocycles. The molecule has 0 spiro atoms. The number of hydrogen-bond donors (Lipinski definition) is 1. The number of benzene rings is 4. The van der Waals surface area contributed by atoms with Crippen molar-refractivity contribution in [3.8, 4) is 11.5 Å². The van der Waals surface area contributed by atoms with Gasteiger partial charge in [-0.05, 0) is 63.1 Å². The lowest BCUT2D eigenvalue weighted by atomic mass is 10.0. The quantitative estimate of drug-likeness (QED) is 0.196. The van der Waals surface area contributed by atoms with E-state index in [9.17, 15) is 18.0 Å². The monoisotopic (exact) mass is 657 g/mol. The topological polar surface area (TPSA) is 105 Å². The van der Waals surface area contributed by atoms with E-state index in [0.717, 1.165) is 21.0 Å². The Kier molecular flexibility index (Phi) is 11.3. The molecule has 0 radical (unpaired) electrons. The van der Waals surface area contributed by atoms with Crippen LogP contribution in [0.4, 0.5) is 5.69 Å². The van der Waals surface area contributed by atoms with Crippen molar-refractivity contribution < 1.29 is 27.5 Å². The van der Waals surface area contributed by atoms with E-state index in [0.29, 0.717) is 11.5 Å². The maximum atomic E-state index is 14.6. The van der Waals surface area contributed by atoms with E-state index in [2.05, 4.69) is 5.32 Å². The maximum Gasteiger partial charge on any atom is 0.264 e. The highest BCUT2D eigenvalue weighted by Gasteiger charge is 2.36. The first-order valence-electron chi connectivity index (χ1n) is 15.3. The van der Waals surface area contributed by atoms with Gasteiger partial charge in [0.1, 0.15) is 12.6 Å². The average molecular weight is 658 g/mol. The third-order valence-corrected chi connectivity index (χ3v) is 9.30. The minimum Gasteiger partial charge on any atom is -0.493 e. The molecule has 0 fully saturated rings. The van der Waals surface area contributed by atoms with Crippen LogP contribution in [-0.4, -0.2) is 57.5 Å². The maximum absolute atomic E-state index is 14.6. The van der Waals surface area contributed by atoms with Gasteiger partial charge in [0.15, 0.2) is 11.5 Å². The zero-order valence-corrected chi connectivity index (χ0v) is 28.6. The molecule has 9 nitrogen and oxygen atoms in total. The van der Waals surface area contributed by atoms with Crippen LogP contribution in [0.5, 0.6) is 11.5 Å². The molecule has 1 N–H and O–H groups in total. The number of ether oxygens (including phenoxy) is 2. The molecular weight excluding hydrogens is 614 g/mol. The molecule has 1 atom stereocenters. The summed E-state index contributed by atoms with van der Waals surface area (Å²) >= 11 is 0. The van der Waals surface area contributed by atoms with Crippen molar-refractivity contribution in [1.82, 2.24) is 10.2 Å². The molecule has 0 bridgehead atoms. The fourth-order valence-corrected chi connectivity index (χ4v) is 6.55. The zero-order chi connectivity index (χ0) is 34.2. The normalized spacial score (nSPS) is 12.1. The van der Waals surface area contributed by atoms with Crippen LogP contribution < -0.4 is 19.1 Å². The number of carbonyl (C=O) groups is 2. The molecule has 1 unspecified atom stereocenters. The Morgan fingerprint density at radius 3 is 1.96 bits per heavy atom. The number of nitrogens with zero attached hydrogens (tertiary/aromatic N) is 2. The first-order valence-corrected chi connectivity index (χ1v) is 16.8. The lowest BCUT2D eigenvalue weighted by Crippen LogP contribution is -2.56. The number of hydrogen-bond acceptors (Lipinski definition) is 6. The number of methoxy groups -OCH3 is 2. The van der Waals surface area contributed by atoms with Gasteiger partial charge < -0.3 is 19.7 Å². The molecule has 4 rings (SSSR count). The standard InChI is InChI=1S/C37H43N3O6S/c1-27-17-19-29(20-18-27)25-39(32(36(42)38-37(2,3)4)23-28-13-9-7-10-14-28)35(41)26-40(47(43,44)31-15-11-8-12-16-31)30-21-22-33(45-5)34(24-30)46-6/h7-22,24,32H,23,25-26H2,1-6H3,(H,38,42). The molecule has 0 aromatic heterocycles. The van der Waals surface area contributed by atoms with Crippen molar-refractivity contribution in [2.75, 3.05) is 25.1 Å². The molecule has 47 heavy (non-hydrogen) atoms. The van der Waals surface area contributed by atoms with Crippen molar-refractivity contribution in [2.24, 2.45) is 0 Å². The van der Waals surface area contributed by atoms with E-state index in [1.54, 1.807) is 30.3 Å². The van der Waals surface area contributed by atoms with Crippen LogP contribution in [-0.2, 0) is 32.6 Å². The highest BCUT2D eigenvalue weighted by molar-refractivity contribution is 7.92. The smallest absolute Gasteiger partial charge is 0.264 e. The molecule has 0 aliphatic heterocycles. The summed E-state index contributed by atoms with van der Waals surface area (Å²) in [6.45, 7) is 7.11. The van der Waals surface area contributed by atoms with Crippen LogP contribution in [0, 0.1) is 6.92 Å². The summed E-state index contributed by atoms with van der Waals surface area (Å²) in [5.41, 5.74) is 2.33. The molecule has 4 aromatic carbocycles. The Hall–Kier alpha value is -4.83. The Morgan fingerprint density at radius 1 is 0.787 bits per heavy atom. The first kappa shape index (κ1) is 35.0. The molecular formula is C37H43N3O6S. The van der Waals surface area contributed by atoms with Crippen LogP contribution in [0.25, 0.3) is 0 Å². The van der Waals surface area contributed by atoms with Crippen LogP contribution >= 0.6 is 0 Å². The van der Waals surface area contributed by atoms with Gasteiger partial charge in [-0.25, -0.2) is 8.42 Å². The van der Waals surface area contributed by atoms with E-state index < -0.39 is 34.1 Å². The summed E-state index contributed by atoms with van der Waals surface area (Å²) in [6, 6.07) is 28.8. The number of carbonyl (C=O) groups excluding carboxylic acids is 2. The Morgan fingerprint density at radius 2 is 1.38 bits per heavy atom. The van der Waals surface area contributed by atoms with Gasteiger partial charge in [0.25, 0.3) is 10.0 Å². The number of aryl methyl sites for hydroxylation is 1. The van der Waals surface area contributed by atoms with E-state index in [1.165, 1.54) is 37.3 Å². The highest BCUT2D eigenvalue weighted by atomic mass is 32.2. The highest BCUT2D eigenvalue weighted by Crippen LogP contribution is 2.34. The second kappa shape index (κ2) is 15.2. The molecule has 0 saturated heterocycles. The van der Waals surface area contributed by atoms with Gasteiger partial charge >= 0.3 is 0 Å². The van der Waals surface area contributed by atoms with E-state index >= 15 is 0 Å². The molecule has 0 aliphatic rings. The summed E-state index contributed by atoms with van der Waals surface area (Å²) < 4.78 is 40.4. The number of nitrogens with one attached hydrogen (secondary N) is 1. The van der Waals surface area contributed by atoms with Gasteiger partial charge in [0, 0.05) is 24.6 Å². The van der Waals surface area contributed by atoms with E-state index in [1.807, 2.05) is 82.3 Å². The zero-order valence-electron chi connectivity index (χ0n) is 27.8. The molecule has 2 amide bonds. The molecule has 4 aromatic rings. The molecule has 10 heteroatoms. The minimum absolute atomic E-state index is 0.0129. The van der Waals surface area contributed by atoms with Gasteiger partial charge in [-0.2, -0.15) is 0 Å². The van der Waals surface area contributed by atoms with Crippen LogP contribution in [0.15, 0.2) is 108 Å². The SMILES string of the molecule is COc1ccc(N(CC(=O)N(Cc2ccc(C)cc2)C(Cc2ccccc2)C(=O)NC(C)(C)C)S(=O)(=O)c2ccccc2)cc1OC. The molecule has 0 heterocycles. The third-order valence-electron chi connectivity index (χ3n) is 7.51. The third kappa shape index (κ3) is 9.13. The summed E-state index contributed by atoms with van der Waals surface area (Å²) in [4.78, 5) is 30.1. The van der Waals surface area contributed by atoms with Crippen molar-refractivity contribution in [3.05, 3.63) is 120 Å². The largest absolute Gasteiger partial charge is 0.493 e. The van der Waals surface area contributed by atoms with E-state index in [-0.39, 0.29) is 29.5 Å². The van der Waals surface area contributed by atoms with Crippen molar-refractivity contribution in [2.45, 2.75) is 57.1 Å². The van der Waals surface area contributed by atoms with Gasteiger partial charge in [-0.3, -0.25) is 13.9 Å². The lowest BCUT2D eigenvalue weighted by molar-refractivity contribution is -0.140. The summed E-state index contributed by atoms with van der Waals surface area (Å²) in [7, 11) is -1.31.